The van der Waals surface area contributed by atoms with Crippen LogP contribution in [0, 0.1) is 0 Å². The van der Waals surface area contributed by atoms with Gasteiger partial charge in [0, 0.05) is 31.4 Å². The monoisotopic (exact) mass is 322 g/mol. The molecule has 3 nitrogen and oxygen atoms in total. The van der Waals surface area contributed by atoms with Gasteiger partial charge in [0.05, 0.1) is 10.6 Å². The van der Waals surface area contributed by atoms with E-state index in [4.69, 9.17) is 23.2 Å². The molecule has 0 saturated heterocycles. The topological polar surface area (TPSA) is 32.3 Å². The molecule has 2 rings (SSSR count). The molecule has 2 aromatic carbocycles. The Morgan fingerprint density at radius 1 is 1.14 bits per heavy atom. The van der Waals surface area contributed by atoms with Crippen molar-refractivity contribution < 1.29 is 4.79 Å². The van der Waals surface area contributed by atoms with Crippen LogP contribution in [0.25, 0.3) is 0 Å². The lowest BCUT2D eigenvalue weighted by Gasteiger charge is -2.13. The fraction of sp³-hybridized carbons (Fsp3) is 0.188. The molecular formula is C16H16Cl2N2O. The Morgan fingerprint density at radius 2 is 1.90 bits per heavy atom. The highest BCUT2D eigenvalue weighted by Gasteiger charge is 2.12. The zero-order chi connectivity index (χ0) is 15.4. The normalized spacial score (nSPS) is 10.3. The van der Waals surface area contributed by atoms with E-state index in [1.54, 1.807) is 26.2 Å². The number of amides is 1. The van der Waals surface area contributed by atoms with E-state index < -0.39 is 0 Å². The summed E-state index contributed by atoms with van der Waals surface area (Å²) in [7, 11) is 3.40. The van der Waals surface area contributed by atoms with Gasteiger partial charge in [0.25, 0.3) is 5.91 Å². The summed E-state index contributed by atoms with van der Waals surface area (Å²) in [5.41, 5.74) is 2.39. The molecule has 0 aliphatic rings. The number of hydrogen-bond acceptors (Lipinski definition) is 2. The van der Waals surface area contributed by atoms with Gasteiger partial charge in [-0.2, -0.15) is 0 Å². The van der Waals surface area contributed by atoms with E-state index >= 15 is 0 Å². The largest absolute Gasteiger partial charge is 0.381 e. The Kier molecular flexibility index (Phi) is 5.10. The van der Waals surface area contributed by atoms with Gasteiger partial charge < -0.3 is 10.2 Å². The molecule has 0 fully saturated rings. The average molecular weight is 323 g/mol. The van der Waals surface area contributed by atoms with Gasteiger partial charge in [-0.1, -0.05) is 35.3 Å². The third-order valence-electron chi connectivity index (χ3n) is 2.99. The van der Waals surface area contributed by atoms with Gasteiger partial charge in [-0.05, 0) is 35.9 Å². The van der Waals surface area contributed by atoms with Crippen LogP contribution in [0.15, 0.2) is 42.5 Å². The highest BCUT2D eigenvalue weighted by Crippen LogP contribution is 2.22. The maximum Gasteiger partial charge on any atom is 0.254 e. The number of rotatable bonds is 4. The molecule has 0 unspecified atom stereocenters. The Labute approximate surface area is 134 Å². The van der Waals surface area contributed by atoms with Crippen LogP contribution in [0.1, 0.15) is 15.9 Å². The van der Waals surface area contributed by atoms with Gasteiger partial charge in [-0.25, -0.2) is 0 Å². The summed E-state index contributed by atoms with van der Waals surface area (Å²) in [6, 6.07) is 13.0. The molecule has 0 atom stereocenters. The van der Waals surface area contributed by atoms with E-state index in [2.05, 4.69) is 5.32 Å². The zero-order valence-corrected chi connectivity index (χ0v) is 13.4. The molecule has 1 N–H and O–H groups in total. The van der Waals surface area contributed by atoms with E-state index in [0.717, 1.165) is 11.3 Å². The second kappa shape index (κ2) is 6.83. The molecule has 110 valence electrons. The second-order valence-corrected chi connectivity index (χ2v) is 5.72. The maximum absolute atomic E-state index is 12.0. The van der Waals surface area contributed by atoms with E-state index in [0.29, 0.717) is 22.2 Å². The molecule has 0 saturated carbocycles. The number of carbonyl (C=O) groups is 1. The molecule has 0 bridgehead atoms. The maximum atomic E-state index is 12.0. The summed E-state index contributed by atoms with van der Waals surface area (Å²) in [5, 5.41) is 4.41. The number of benzene rings is 2. The van der Waals surface area contributed by atoms with Gasteiger partial charge in [-0.3, -0.25) is 4.79 Å². The van der Waals surface area contributed by atoms with Crippen LogP contribution in [0.4, 0.5) is 5.69 Å². The van der Waals surface area contributed by atoms with Crippen molar-refractivity contribution in [2.24, 2.45) is 0 Å². The van der Waals surface area contributed by atoms with Gasteiger partial charge >= 0.3 is 0 Å². The van der Waals surface area contributed by atoms with Crippen LogP contribution in [-0.2, 0) is 6.54 Å². The van der Waals surface area contributed by atoms with Crippen molar-refractivity contribution in [1.82, 2.24) is 4.90 Å². The van der Waals surface area contributed by atoms with Crippen LogP contribution in [0.3, 0.4) is 0 Å². The second-order valence-electron chi connectivity index (χ2n) is 4.88. The van der Waals surface area contributed by atoms with E-state index in [9.17, 15) is 4.79 Å². The SMILES string of the molecule is CN(C)C(=O)c1cc(NCc2cccc(Cl)c2)ccc1Cl. The van der Waals surface area contributed by atoms with Crippen LogP contribution in [0.5, 0.6) is 0 Å². The third-order valence-corrected chi connectivity index (χ3v) is 3.55. The summed E-state index contributed by atoms with van der Waals surface area (Å²) in [6.45, 7) is 0.623. The van der Waals surface area contributed by atoms with E-state index in [1.165, 1.54) is 4.90 Å². The van der Waals surface area contributed by atoms with E-state index in [1.807, 2.05) is 30.3 Å². The minimum atomic E-state index is -0.119. The Bertz CT molecular complexity index is 656. The summed E-state index contributed by atoms with van der Waals surface area (Å²) in [5.74, 6) is -0.119. The molecular weight excluding hydrogens is 307 g/mol. The summed E-state index contributed by atoms with van der Waals surface area (Å²) >= 11 is 12.0. The van der Waals surface area contributed by atoms with Gasteiger partial charge in [-0.15, -0.1) is 0 Å². The van der Waals surface area contributed by atoms with Crippen LogP contribution in [-0.4, -0.2) is 24.9 Å². The fourth-order valence-corrected chi connectivity index (χ4v) is 2.30. The lowest BCUT2D eigenvalue weighted by molar-refractivity contribution is 0.0828. The van der Waals surface area contributed by atoms with Crippen molar-refractivity contribution in [2.75, 3.05) is 19.4 Å². The molecule has 0 heterocycles. The van der Waals surface area contributed by atoms with Crippen molar-refractivity contribution in [1.29, 1.82) is 0 Å². The van der Waals surface area contributed by atoms with Crippen molar-refractivity contribution in [3.63, 3.8) is 0 Å². The first-order valence-electron chi connectivity index (χ1n) is 6.47. The van der Waals surface area contributed by atoms with Crippen LogP contribution in [0.2, 0.25) is 10.0 Å². The molecule has 2 aromatic rings. The molecule has 0 aliphatic heterocycles. The van der Waals surface area contributed by atoms with Gasteiger partial charge in [0.1, 0.15) is 0 Å². The Hall–Kier alpha value is -1.71. The summed E-state index contributed by atoms with van der Waals surface area (Å²) < 4.78 is 0. The van der Waals surface area contributed by atoms with E-state index in [-0.39, 0.29) is 5.91 Å². The number of hydrogen-bond donors (Lipinski definition) is 1. The van der Waals surface area contributed by atoms with Crippen LogP contribution >= 0.6 is 23.2 Å². The summed E-state index contributed by atoms with van der Waals surface area (Å²) in [4.78, 5) is 13.5. The first-order valence-corrected chi connectivity index (χ1v) is 7.22. The lowest BCUT2D eigenvalue weighted by atomic mass is 10.1. The predicted octanol–water partition coefficient (Wildman–Crippen LogP) is 4.31. The van der Waals surface area contributed by atoms with Crippen molar-refractivity contribution in [2.45, 2.75) is 6.54 Å². The quantitative estimate of drug-likeness (QED) is 0.909. The minimum absolute atomic E-state index is 0.119. The predicted molar refractivity (Wildman–Crippen MR) is 88.2 cm³/mol. The molecule has 1 amide bonds. The number of halogens is 2. The van der Waals surface area contributed by atoms with Gasteiger partial charge in [0.15, 0.2) is 0 Å². The molecule has 0 radical (unpaired) electrons. The average Bonchev–Trinajstić information content (AvgIpc) is 2.45. The Morgan fingerprint density at radius 3 is 2.57 bits per heavy atom. The van der Waals surface area contributed by atoms with Crippen molar-refractivity contribution in [3.8, 4) is 0 Å². The first kappa shape index (κ1) is 15.7. The molecule has 0 aromatic heterocycles. The lowest BCUT2D eigenvalue weighted by Crippen LogP contribution is -2.22. The Balaban J connectivity index is 2.14. The standard InChI is InChI=1S/C16H16Cl2N2O/c1-20(2)16(21)14-9-13(6-7-15(14)18)19-10-11-4-3-5-12(17)8-11/h3-9,19H,10H2,1-2H3. The fourth-order valence-electron chi connectivity index (χ4n) is 1.89. The smallest absolute Gasteiger partial charge is 0.254 e. The molecule has 21 heavy (non-hydrogen) atoms. The minimum Gasteiger partial charge on any atom is -0.381 e. The molecule has 5 heteroatoms. The summed E-state index contributed by atoms with van der Waals surface area (Å²) in [6.07, 6.45) is 0. The van der Waals surface area contributed by atoms with Crippen LogP contribution < -0.4 is 5.32 Å². The number of nitrogens with one attached hydrogen (secondary N) is 1. The molecule has 0 spiro atoms. The third kappa shape index (κ3) is 4.13. The highest BCUT2D eigenvalue weighted by atomic mass is 35.5. The van der Waals surface area contributed by atoms with Crippen molar-refractivity contribution >= 4 is 34.8 Å². The highest BCUT2D eigenvalue weighted by molar-refractivity contribution is 6.34. The van der Waals surface area contributed by atoms with Gasteiger partial charge in [0.2, 0.25) is 0 Å². The number of carbonyl (C=O) groups excluding carboxylic acids is 1. The first-order chi connectivity index (χ1) is 9.97. The molecule has 0 aliphatic carbocycles. The van der Waals surface area contributed by atoms with Crippen molar-refractivity contribution in [3.05, 3.63) is 63.6 Å². The zero-order valence-electron chi connectivity index (χ0n) is 11.9. The number of nitrogens with zero attached hydrogens (tertiary/aromatic N) is 1. The number of anilines is 1.